The monoisotopic (exact) mass is 461 g/mol. The number of fused-ring (bicyclic) bond motifs is 1. The summed E-state index contributed by atoms with van der Waals surface area (Å²) in [5, 5.41) is 33.7. The minimum atomic E-state index is -1.60. The Morgan fingerprint density at radius 2 is 1.94 bits per heavy atom. The smallest absolute Gasteiger partial charge is 0.269 e. The molecule has 172 valence electrons. The number of carbonyl (C=O) groups is 1. The van der Waals surface area contributed by atoms with Gasteiger partial charge >= 0.3 is 0 Å². The van der Waals surface area contributed by atoms with Crippen LogP contribution in [0.4, 0.5) is 5.69 Å². The van der Waals surface area contributed by atoms with Crippen LogP contribution in [0.1, 0.15) is 30.5 Å². The molecule has 2 aromatic rings. The van der Waals surface area contributed by atoms with Crippen molar-refractivity contribution in [1.29, 1.82) is 0 Å². The van der Waals surface area contributed by atoms with E-state index in [2.05, 4.69) is 10.0 Å². The second-order valence-electron chi connectivity index (χ2n) is 8.01. The number of nitro benzene ring substituents is 1. The van der Waals surface area contributed by atoms with E-state index in [1.807, 2.05) is 24.3 Å². The van der Waals surface area contributed by atoms with Crippen LogP contribution >= 0.6 is 0 Å². The minimum Gasteiger partial charge on any atom is -0.396 e. The van der Waals surface area contributed by atoms with Gasteiger partial charge in [0, 0.05) is 37.6 Å². The number of carbonyl (C=O) groups excluding carboxylic acids is 1. The Morgan fingerprint density at radius 3 is 2.59 bits per heavy atom. The molecule has 1 aliphatic rings. The molecule has 0 saturated heterocycles. The van der Waals surface area contributed by atoms with Gasteiger partial charge in [-0.2, -0.15) is 0 Å². The fourth-order valence-corrected chi connectivity index (χ4v) is 4.78. The molecule has 0 bridgehead atoms. The number of nitrogens with one attached hydrogen (secondary N) is 2. The molecule has 0 radical (unpaired) electrons. The van der Waals surface area contributed by atoms with Crippen LogP contribution < -0.4 is 10.0 Å². The molecule has 0 saturated carbocycles. The van der Waals surface area contributed by atoms with Gasteiger partial charge in [0.1, 0.15) is 11.0 Å². The summed E-state index contributed by atoms with van der Waals surface area (Å²) < 4.78 is 15.2. The number of benzene rings is 2. The molecule has 0 aliphatic heterocycles. The molecule has 32 heavy (non-hydrogen) atoms. The third kappa shape index (κ3) is 5.77. The molecule has 4 N–H and O–H groups in total. The normalized spacial score (nSPS) is 20.2. The summed E-state index contributed by atoms with van der Waals surface area (Å²) in [5.74, 6) is -0.971. The summed E-state index contributed by atoms with van der Waals surface area (Å²) in [5.41, 5.74) is 1.84. The maximum Gasteiger partial charge on any atom is 0.269 e. The SMILES string of the molecule is CC(CC(CO)CNS(=O)c1ccc([N+](=O)[O-])cc1)C(=O)NC1c2ccccc2CC1O. The number of hydrogen-bond donors (Lipinski definition) is 4. The van der Waals surface area contributed by atoms with E-state index >= 15 is 0 Å². The molecule has 5 atom stereocenters. The van der Waals surface area contributed by atoms with E-state index in [0.29, 0.717) is 17.7 Å². The number of nitro groups is 1. The molecule has 1 amide bonds. The van der Waals surface area contributed by atoms with Gasteiger partial charge < -0.3 is 15.5 Å². The lowest BCUT2D eigenvalue weighted by Crippen LogP contribution is -2.38. The third-order valence-corrected chi connectivity index (χ3v) is 6.79. The predicted octanol–water partition coefficient (Wildman–Crippen LogP) is 1.62. The van der Waals surface area contributed by atoms with Crippen molar-refractivity contribution in [3.8, 4) is 0 Å². The Hall–Kier alpha value is -2.66. The molecule has 9 nitrogen and oxygen atoms in total. The van der Waals surface area contributed by atoms with Gasteiger partial charge in [-0.25, -0.2) is 8.93 Å². The van der Waals surface area contributed by atoms with E-state index in [9.17, 15) is 29.3 Å². The van der Waals surface area contributed by atoms with E-state index in [1.165, 1.54) is 24.3 Å². The third-order valence-electron chi connectivity index (χ3n) is 5.66. The zero-order chi connectivity index (χ0) is 23.3. The highest BCUT2D eigenvalue weighted by Gasteiger charge is 2.33. The van der Waals surface area contributed by atoms with Gasteiger partial charge in [0.15, 0.2) is 0 Å². The molecular weight excluding hydrogens is 434 g/mol. The fraction of sp³-hybridized carbons (Fsp3) is 0.409. The molecule has 10 heteroatoms. The Kier molecular flexibility index (Phi) is 8.08. The zero-order valence-electron chi connectivity index (χ0n) is 17.6. The lowest BCUT2D eigenvalue weighted by Gasteiger charge is -2.23. The van der Waals surface area contributed by atoms with Gasteiger partial charge in [-0.3, -0.25) is 14.9 Å². The number of amides is 1. The summed E-state index contributed by atoms with van der Waals surface area (Å²) in [6, 6.07) is 12.5. The van der Waals surface area contributed by atoms with Crippen LogP contribution in [-0.4, -0.2) is 44.5 Å². The standard InChI is InChI=1S/C22H27N3O6S/c1-14(22(28)24-21-19-5-3-2-4-16(19)11-20(21)27)10-15(13-26)12-23-32(31)18-8-6-17(7-9-18)25(29)30/h2-9,14-15,20-21,23,26-27H,10-13H2,1H3,(H,24,28). The van der Waals surface area contributed by atoms with E-state index in [4.69, 9.17) is 0 Å². The second kappa shape index (κ2) is 10.8. The predicted molar refractivity (Wildman–Crippen MR) is 119 cm³/mol. The van der Waals surface area contributed by atoms with Crippen molar-refractivity contribution < 1.29 is 24.1 Å². The number of rotatable bonds is 10. The molecule has 2 aromatic carbocycles. The van der Waals surface area contributed by atoms with Gasteiger partial charge in [-0.05, 0) is 35.6 Å². The average molecular weight is 462 g/mol. The Bertz CT molecular complexity index is 984. The number of nitrogens with zero attached hydrogens (tertiary/aromatic N) is 1. The molecule has 0 heterocycles. The van der Waals surface area contributed by atoms with Crippen LogP contribution in [0.2, 0.25) is 0 Å². The summed E-state index contributed by atoms with van der Waals surface area (Å²) >= 11 is 0. The van der Waals surface area contributed by atoms with Crippen molar-refractivity contribution in [2.75, 3.05) is 13.2 Å². The number of non-ortho nitro benzene ring substituents is 1. The highest BCUT2D eigenvalue weighted by molar-refractivity contribution is 7.83. The van der Waals surface area contributed by atoms with Crippen LogP contribution in [-0.2, 0) is 22.2 Å². The van der Waals surface area contributed by atoms with E-state index in [-0.39, 0.29) is 30.7 Å². The molecule has 0 fully saturated rings. The maximum absolute atomic E-state index is 12.7. The summed E-state index contributed by atoms with van der Waals surface area (Å²) in [7, 11) is -1.60. The average Bonchev–Trinajstić information content (AvgIpc) is 3.11. The Labute approximate surface area is 188 Å². The minimum absolute atomic E-state index is 0.0890. The number of aliphatic hydroxyl groups is 2. The molecule has 0 spiro atoms. The summed E-state index contributed by atoms with van der Waals surface area (Å²) in [6.07, 6.45) is 0.174. The number of hydrogen-bond acceptors (Lipinski definition) is 6. The first-order valence-corrected chi connectivity index (χ1v) is 11.5. The van der Waals surface area contributed by atoms with Crippen molar-refractivity contribution in [2.24, 2.45) is 11.8 Å². The molecule has 3 rings (SSSR count). The van der Waals surface area contributed by atoms with Crippen molar-refractivity contribution >= 4 is 22.6 Å². The molecular formula is C22H27N3O6S. The highest BCUT2D eigenvalue weighted by Crippen LogP contribution is 2.31. The number of aliphatic hydroxyl groups excluding tert-OH is 2. The summed E-state index contributed by atoms with van der Waals surface area (Å²) in [6.45, 7) is 1.75. The first-order valence-electron chi connectivity index (χ1n) is 10.4. The van der Waals surface area contributed by atoms with Crippen molar-refractivity contribution in [3.63, 3.8) is 0 Å². The van der Waals surface area contributed by atoms with Crippen LogP contribution in [0.3, 0.4) is 0 Å². The van der Waals surface area contributed by atoms with Gasteiger partial charge in [0.2, 0.25) is 5.91 Å². The van der Waals surface area contributed by atoms with Gasteiger partial charge in [0.25, 0.3) is 5.69 Å². The quantitative estimate of drug-likeness (QED) is 0.313. The lowest BCUT2D eigenvalue weighted by atomic mass is 9.95. The summed E-state index contributed by atoms with van der Waals surface area (Å²) in [4.78, 5) is 23.3. The lowest BCUT2D eigenvalue weighted by molar-refractivity contribution is -0.384. The topological polar surface area (TPSA) is 142 Å². The van der Waals surface area contributed by atoms with Crippen LogP contribution in [0.25, 0.3) is 0 Å². The highest BCUT2D eigenvalue weighted by atomic mass is 32.2. The first kappa shape index (κ1) is 24.0. The molecule has 5 unspecified atom stereocenters. The molecule has 0 aromatic heterocycles. The van der Waals surface area contributed by atoms with E-state index < -0.39 is 34.0 Å². The van der Waals surface area contributed by atoms with Crippen molar-refractivity contribution in [1.82, 2.24) is 10.0 Å². The zero-order valence-corrected chi connectivity index (χ0v) is 18.5. The maximum atomic E-state index is 12.7. The van der Waals surface area contributed by atoms with Crippen LogP contribution in [0.15, 0.2) is 53.4 Å². The van der Waals surface area contributed by atoms with E-state index in [1.54, 1.807) is 6.92 Å². The first-order chi connectivity index (χ1) is 15.3. The van der Waals surface area contributed by atoms with Crippen molar-refractivity contribution in [2.45, 2.75) is 36.8 Å². The second-order valence-corrected chi connectivity index (χ2v) is 9.31. The van der Waals surface area contributed by atoms with Crippen LogP contribution in [0, 0.1) is 22.0 Å². The van der Waals surface area contributed by atoms with Crippen LogP contribution in [0.5, 0.6) is 0 Å². The van der Waals surface area contributed by atoms with Gasteiger partial charge in [-0.15, -0.1) is 0 Å². The molecule has 1 aliphatic carbocycles. The fourth-order valence-electron chi connectivity index (χ4n) is 3.84. The van der Waals surface area contributed by atoms with Crippen molar-refractivity contribution in [3.05, 3.63) is 69.8 Å². The van der Waals surface area contributed by atoms with E-state index in [0.717, 1.165) is 11.1 Å². The van der Waals surface area contributed by atoms with Gasteiger partial charge in [0.05, 0.1) is 22.0 Å². The van der Waals surface area contributed by atoms with Gasteiger partial charge in [-0.1, -0.05) is 31.2 Å². The largest absolute Gasteiger partial charge is 0.396 e. The Balaban J connectivity index is 1.51. The Morgan fingerprint density at radius 1 is 1.25 bits per heavy atom.